The molecule has 1 nitrogen and oxygen atoms in total. The zero-order valence-corrected chi connectivity index (χ0v) is 9.52. The largest absolute Gasteiger partial charge is 0.396 e. The first-order chi connectivity index (χ1) is 4.27. The van der Waals surface area contributed by atoms with Crippen molar-refractivity contribution in [1.29, 1.82) is 0 Å². The summed E-state index contributed by atoms with van der Waals surface area (Å²) in [5, 5.41) is 8.43. The Kier molecular flexibility index (Phi) is 13.2. The number of rotatable bonds is 5. The Hall–Kier alpha value is 0.843. The van der Waals surface area contributed by atoms with Crippen molar-refractivity contribution in [2.75, 3.05) is 6.61 Å². The van der Waals surface area contributed by atoms with Crippen LogP contribution in [0.3, 0.4) is 0 Å². The van der Waals surface area contributed by atoms with Crippen LogP contribution in [0.4, 0.5) is 0 Å². The van der Waals surface area contributed by atoms with Crippen LogP contribution in [0, 0.1) is 5.92 Å². The molecule has 0 heterocycles. The smallest absolute Gasteiger partial charge is 0.0431 e. The topological polar surface area (TPSA) is 20.2 Å². The van der Waals surface area contributed by atoms with E-state index in [1.165, 1.54) is 19.3 Å². The number of aliphatic hydroxyl groups excluding tert-OH is 1. The van der Waals surface area contributed by atoms with Crippen molar-refractivity contribution in [3.63, 3.8) is 0 Å². The van der Waals surface area contributed by atoms with E-state index in [1.807, 2.05) is 0 Å². The fourth-order valence-corrected chi connectivity index (χ4v) is 0.841. The summed E-state index contributed by atoms with van der Waals surface area (Å²) in [5.74, 6) is 0.823. The second kappa shape index (κ2) is 9.84. The first-order valence-corrected chi connectivity index (χ1v) is 3.88. The van der Waals surface area contributed by atoms with Gasteiger partial charge in [0.2, 0.25) is 0 Å². The summed E-state index contributed by atoms with van der Waals surface area (Å²) in [6, 6.07) is 0. The molecule has 60 valence electrons. The third-order valence-electron chi connectivity index (χ3n) is 1.44. The van der Waals surface area contributed by atoms with Gasteiger partial charge in [0.1, 0.15) is 0 Å². The maximum absolute atomic E-state index is 8.43. The fourth-order valence-electron chi connectivity index (χ4n) is 0.841. The van der Waals surface area contributed by atoms with E-state index in [-0.39, 0.29) is 26.2 Å². The van der Waals surface area contributed by atoms with Gasteiger partial charge in [0.05, 0.1) is 0 Å². The van der Waals surface area contributed by atoms with Gasteiger partial charge in [-0.2, -0.15) is 0 Å². The van der Waals surface area contributed by atoms with Crippen molar-refractivity contribution in [2.24, 2.45) is 5.92 Å². The summed E-state index contributed by atoms with van der Waals surface area (Å²) in [7, 11) is 0. The minimum absolute atomic E-state index is 0. The van der Waals surface area contributed by atoms with E-state index < -0.39 is 0 Å². The number of hydrogen-bond donors (Lipinski definition) is 1. The Morgan fingerprint density at radius 1 is 1.10 bits per heavy atom. The van der Waals surface area contributed by atoms with Crippen LogP contribution >= 0.6 is 0 Å². The molecule has 0 aliphatic carbocycles. The molecular formula is C8H18OZr. The van der Waals surface area contributed by atoms with Crippen LogP contribution in [-0.2, 0) is 26.2 Å². The molecule has 1 N–H and O–H groups in total. The van der Waals surface area contributed by atoms with Gasteiger partial charge in [-0.15, -0.1) is 0 Å². The van der Waals surface area contributed by atoms with Crippen LogP contribution < -0.4 is 0 Å². The number of unbranched alkanes of at least 4 members (excludes halogenated alkanes) is 2. The van der Waals surface area contributed by atoms with E-state index in [2.05, 4.69) is 13.8 Å². The molecule has 0 amide bonds. The minimum atomic E-state index is 0. The van der Waals surface area contributed by atoms with E-state index in [9.17, 15) is 0 Å². The third-order valence-corrected chi connectivity index (χ3v) is 1.44. The van der Waals surface area contributed by atoms with Gasteiger partial charge >= 0.3 is 0 Å². The maximum atomic E-state index is 8.43. The van der Waals surface area contributed by atoms with Crippen LogP contribution in [0.2, 0.25) is 0 Å². The normalized spacial score (nSPS) is 9.60. The Labute approximate surface area is 83.3 Å². The van der Waals surface area contributed by atoms with Crippen molar-refractivity contribution in [3.05, 3.63) is 0 Å². The molecule has 0 spiro atoms. The number of hydrogen-bond acceptors (Lipinski definition) is 1. The average molecular weight is 221 g/mol. The van der Waals surface area contributed by atoms with E-state index in [4.69, 9.17) is 5.11 Å². The van der Waals surface area contributed by atoms with Crippen molar-refractivity contribution in [3.8, 4) is 0 Å². The third kappa shape index (κ3) is 11.6. The van der Waals surface area contributed by atoms with Crippen LogP contribution in [0.1, 0.15) is 39.5 Å². The summed E-state index contributed by atoms with van der Waals surface area (Å²) in [4.78, 5) is 0. The molecular weight excluding hydrogens is 203 g/mol. The minimum Gasteiger partial charge on any atom is -0.396 e. The first-order valence-electron chi connectivity index (χ1n) is 3.88. The molecule has 10 heavy (non-hydrogen) atoms. The molecule has 0 aromatic carbocycles. The molecule has 0 saturated carbocycles. The van der Waals surface area contributed by atoms with E-state index in [0.29, 0.717) is 6.61 Å². The summed E-state index contributed by atoms with van der Waals surface area (Å²) in [6.07, 6.45) is 4.75. The zero-order chi connectivity index (χ0) is 7.11. The Balaban J connectivity index is 0. The molecule has 0 aliphatic rings. The molecule has 0 aromatic rings. The monoisotopic (exact) mass is 220 g/mol. The Morgan fingerprint density at radius 2 is 1.70 bits per heavy atom. The van der Waals surface area contributed by atoms with Gasteiger partial charge in [0.15, 0.2) is 0 Å². The molecule has 0 radical (unpaired) electrons. The van der Waals surface area contributed by atoms with Gasteiger partial charge in [-0.1, -0.05) is 33.1 Å². The molecule has 0 aliphatic heterocycles. The maximum Gasteiger partial charge on any atom is 0.0431 e. The first kappa shape index (κ1) is 13.4. The van der Waals surface area contributed by atoms with Gasteiger partial charge in [-0.05, 0) is 12.3 Å². The van der Waals surface area contributed by atoms with Crippen LogP contribution in [-0.4, -0.2) is 11.7 Å². The Bertz CT molecular complexity index is 55.2. The molecule has 0 fully saturated rings. The van der Waals surface area contributed by atoms with Crippen LogP contribution in [0.25, 0.3) is 0 Å². The zero-order valence-electron chi connectivity index (χ0n) is 7.06. The molecule has 0 aromatic heterocycles. The van der Waals surface area contributed by atoms with Gasteiger partial charge < -0.3 is 5.11 Å². The summed E-state index contributed by atoms with van der Waals surface area (Å²) in [6.45, 7) is 4.83. The van der Waals surface area contributed by atoms with Gasteiger partial charge in [-0.25, -0.2) is 0 Å². The van der Waals surface area contributed by atoms with Crippen molar-refractivity contribution < 1.29 is 31.3 Å². The second-order valence-corrected chi connectivity index (χ2v) is 2.97. The predicted octanol–water partition coefficient (Wildman–Crippen LogP) is 2.19. The average Bonchev–Trinajstić information content (AvgIpc) is 1.80. The van der Waals surface area contributed by atoms with Crippen molar-refractivity contribution in [2.45, 2.75) is 39.5 Å². The molecule has 0 unspecified atom stereocenters. The Morgan fingerprint density at radius 3 is 2.10 bits per heavy atom. The van der Waals surface area contributed by atoms with E-state index in [0.717, 1.165) is 12.3 Å². The van der Waals surface area contributed by atoms with E-state index >= 15 is 0 Å². The molecule has 0 atom stereocenters. The quantitative estimate of drug-likeness (QED) is 0.706. The molecule has 0 bridgehead atoms. The van der Waals surface area contributed by atoms with Gasteiger partial charge in [0, 0.05) is 32.8 Å². The van der Waals surface area contributed by atoms with Crippen molar-refractivity contribution in [1.82, 2.24) is 0 Å². The van der Waals surface area contributed by atoms with E-state index in [1.54, 1.807) is 0 Å². The molecule has 2 heteroatoms. The number of aliphatic hydroxyl groups is 1. The van der Waals surface area contributed by atoms with Gasteiger partial charge in [-0.3, -0.25) is 0 Å². The van der Waals surface area contributed by atoms with Crippen LogP contribution in [0.15, 0.2) is 0 Å². The fraction of sp³-hybridized carbons (Fsp3) is 1.00. The molecule has 0 rings (SSSR count). The SMILES string of the molecule is CC(C)CCCCCO.[Zr]. The molecule has 0 saturated heterocycles. The predicted molar refractivity (Wildman–Crippen MR) is 40.4 cm³/mol. The second-order valence-electron chi connectivity index (χ2n) is 2.97. The van der Waals surface area contributed by atoms with Gasteiger partial charge in [0.25, 0.3) is 0 Å². The van der Waals surface area contributed by atoms with Crippen molar-refractivity contribution >= 4 is 0 Å². The summed E-state index contributed by atoms with van der Waals surface area (Å²) < 4.78 is 0. The standard InChI is InChI=1S/C8H18O.Zr/c1-8(2)6-4-3-5-7-9;/h8-9H,3-7H2,1-2H3;. The summed E-state index contributed by atoms with van der Waals surface area (Å²) in [5.41, 5.74) is 0. The summed E-state index contributed by atoms with van der Waals surface area (Å²) >= 11 is 0. The van der Waals surface area contributed by atoms with Crippen LogP contribution in [0.5, 0.6) is 0 Å².